The van der Waals surface area contributed by atoms with Crippen molar-refractivity contribution in [1.29, 1.82) is 0 Å². The molecular weight excluding hydrogens is 335 g/mol. The molecule has 0 aromatic heterocycles. The van der Waals surface area contributed by atoms with Gasteiger partial charge in [0.25, 0.3) is 5.91 Å². The third kappa shape index (κ3) is 4.65. The topological polar surface area (TPSA) is 42.0 Å². The summed E-state index contributed by atoms with van der Waals surface area (Å²) in [5.74, 6) is 1.15. The van der Waals surface area contributed by atoms with Gasteiger partial charge in [-0.15, -0.1) is 0 Å². The molecule has 0 atom stereocenters. The molecule has 0 aliphatic carbocycles. The van der Waals surface area contributed by atoms with Crippen LogP contribution >= 0.6 is 0 Å². The summed E-state index contributed by atoms with van der Waals surface area (Å²) in [6, 6.07) is 13.7. The number of benzene rings is 2. The zero-order valence-corrected chi connectivity index (χ0v) is 14.9. The van der Waals surface area contributed by atoms with Crippen LogP contribution in [0.5, 0.6) is 11.5 Å². The van der Waals surface area contributed by atoms with Gasteiger partial charge < -0.3 is 19.3 Å². The summed E-state index contributed by atoms with van der Waals surface area (Å²) in [6.07, 6.45) is 0. The lowest BCUT2D eigenvalue weighted by atomic mass is 10.2. The van der Waals surface area contributed by atoms with Crippen molar-refractivity contribution >= 4 is 11.6 Å². The van der Waals surface area contributed by atoms with Crippen molar-refractivity contribution in [2.45, 2.75) is 6.92 Å². The number of hydrogen-bond acceptors (Lipinski definition) is 4. The van der Waals surface area contributed by atoms with Crippen LogP contribution in [0, 0.1) is 5.82 Å². The summed E-state index contributed by atoms with van der Waals surface area (Å²) < 4.78 is 24.0. The maximum Gasteiger partial charge on any atom is 0.260 e. The molecule has 1 amide bonds. The molecule has 2 aromatic rings. The van der Waals surface area contributed by atoms with E-state index in [0.717, 1.165) is 24.5 Å². The van der Waals surface area contributed by atoms with Gasteiger partial charge in [-0.1, -0.05) is 0 Å². The Morgan fingerprint density at radius 3 is 2.08 bits per heavy atom. The average Bonchev–Trinajstić information content (AvgIpc) is 2.68. The van der Waals surface area contributed by atoms with Crippen molar-refractivity contribution in [2.24, 2.45) is 0 Å². The number of ether oxygens (including phenoxy) is 2. The Bertz CT molecular complexity index is 711. The summed E-state index contributed by atoms with van der Waals surface area (Å²) in [5, 5.41) is 0. The van der Waals surface area contributed by atoms with E-state index in [1.54, 1.807) is 29.2 Å². The molecule has 3 rings (SSSR count). The van der Waals surface area contributed by atoms with Crippen LogP contribution in [0.4, 0.5) is 10.1 Å². The minimum atomic E-state index is -0.242. The van der Waals surface area contributed by atoms with Gasteiger partial charge in [0.2, 0.25) is 0 Å². The van der Waals surface area contributed by atoms with Crippen LogP contribution in [-0.2, 0) is 4.79 Å². The smallest absolute Gasteiger partial charge is 0.260 e. The molecule has 6 heteroatoms. The molecule has 1 fully saturated rings. The van der Waals surface area contributed by atoms with E-state index < -0.39 is 0 Å². The van der Waals surface area contributed by atoms with Crippen molar-refractivity contribution in [2.75, 3.05) is 44.3 Å². The number of hydrogen-bond donors (Lipinski definition) is 0. The lowest BCUT2D eigenvalue weighted by molar-refractivity contribution is -0.133. The van der Waals surface area contributed by atoms with Crippen LogP contribution < -0.4 is 14.4 Å². The Kier molecular flexibility index (Phi) is 5.94. The lowest BCUT2D eigenvalue weighted by Crippen LogP contribution is -2.50. The van der Waals surface area contributed by atoms with Crippen LogP contribution in [0.25, 0.3) is 0 Å². The van der Waals surface area contributed by atoms with Crippen LogP contribution in [0.1, 0.15) is 6.92 Å². The van der Waals surface area contributed by atoms with E-state index in [1.807, 2.05) is 19.1 Å². The molecule has 0 N–H and O–H groups in total. The van der Waals surface area contributed by atoms with E-state index in [9.17, 15) is 9.18 Å². The fourth-order valence-corrected chi connectivity index (χ4v) is 2.90. The van der Waals surface area contributed by atoms with Gasteiger partial charge >= 0.3 is 0 Å². The third-order valence-corrected chi connectivity index (χ3v) is 4.32. The minimum absolute atomic E-state index is 0.0184. The summed E-state index contributed by atoms with van der Waals surface area (Å²) >= 11 is 0. The van der Waals surface area contributed by atoms with Gasteiger partial charge in [-0.3, -0.25) is 4.79 Å². The molecule has 2 aromatic carbocycles. The van der Waals surface area contributed by atoms with Crippen molar-refractivity contribution < 1.29 is 18.7 Å². The number of nitrogens with zero attached hydrogens (tertiary/aromatic N) is 2. The second kappa shape index (κ2) is 8.56. The van der Waals surface area contributed by atoms with Gasteiger partial charge in [-0.2, -0.15) is 0 Å². The van der Waals surface area contributed by atoms with Gasteiger partial charge in [-0.05, 0) is 55.5 Å². The van der Waals surface area contributed by atoms with Gasteiger partial charge in [0.1, 0.15) is 17.3 Å². The van der Waals surface area contributed by atoms with Crippen LogP contribution in [0.2, 0.25) is 0 Å². The Labute approximate surface area is 152 Å². The second-order valence-corrected chi connectivity index (χ2v) is 6.04. The number of halogens is 1. The quantitative estimate of drug-likeness (QED) is 0.796. The molecule has 1 aliphatic heterocycles. The number of rotatable bonds is 6. The predicted molar refractivity (Wildman–Crippen MR) is 98.3 cm³/mol. The highest BCUT2D eigenvalue weighted by molar-refractivity contribution is 5.78. The van der Waals surface area contributed by atoms with Crippen molar-refractivity contribution in [3.8, 4) is 11.5 Å². The summed E-state index contributed by atoms with van der Waals surface area (Å²) in [4.78, 5) is 16.3. The van der Waals surface area contributed by atoms with Gasteiger partial charge in [0.15, 0.2) is 6.61 Å². The van der Waals surface area contributed by atoms with Crippen molar-refractivity contribution in [3.63, 3.8) is 0 Å². The molecule has 1 aliphatic rings. The maximum absolute atomic E-state index is 13.0. The number of carbonyl (C=O) groups excluding carboxylic acids is 1. The summed E-state index contributed by atoms with van der Waals surface area (Å²) in [6.45, 7) is 5.26. The van der Waals surface area contributed by atoms with E-state index in [4.69, 9.17) is 9.47 Å². The molecular formula is C20H23FN2O3. The minimum Gasteiger partial charge on any atom is -0.494 e. The van der Waals surface area contributed by atoms with Crippen LogP contribution in [0.15, 0.2) is 48.5 Å². The first-order valence-corrected chi connectivity index (χ1v) is 8.79. The van der Waals surface area contributed by atoms with E-state index in [0.29, 0.717) is 25.4 Å². The van der Waals surface area contributed by atoms with Gasteiger partial charge in [0.05, 0.1) is 6.61 Å². The van der Waals surface area contributed by atoms with E-state index in [1.165, 1.54) is 12.1 Å². The fraction of sp³-hybridized carbons (Fsp3) is 0.350. The SMILES string of the molecule is CCOc1ccc(OCC(=O)N2CCN(c3ccc(F)cc3)CC2)cc1. The highest BCUT2D eigenvalue weighted by atomic mass is 19.1. The number of amides is 1. The summed E-state index contributed by atoms with van der Waals surface area (Å²) in [5.41, 5.74) is 0.976. The highest BCUT2D eigenvalue weighted by Crippen LogP contribution is 2.19. The van der Waals surface area contributed by atoms with Crippen molar-refractivity contribution in [3.05, 3.63) is 54.3 Å². The van der Waals surface area contributed by atoms with Gasteiger partial charge in [-0.25, -0.2) is 4.39 Å². The zero-order valence-electron chi connectivity index (χ0n) is 14.9. The number of piperazine rings is 1. The number of carbonyl (C=O) groups is 1. The lowest BCUT2D eigenvalue weighted by Gasteiger charge is -2.36. The first kappa shape index (κ1) is 18.0. The monoisotopic (exact) mass is 358 g/mol. The van der Waals surface area contributed by atoms with Crippen LogP contribution in [-0.4, -0.2) is 50.2 Å². The van der Waals surface area contributed by atoms with Crippen molar-refractivity contribution in [1.82, 2.24) is 4.90 Å². The predicted octanol–water partition coefficient (Wildman–Crippen LogP) is 2.95. The number of anilines is 1. The maximum atomic E-state index is 13.0. The summed E-state index contributed by atoms with van der Waals surface area (Å²) in [7, 11) is 0. The largest absolute Gasteiger partial charge is 0.494 e. The molecule has 0 bridgehead atoms. The Morgan fingerprint density at radius 1 is 0.923 bits per heavy atom. The molecule has 1 saturated heterocycles. The molecule has 138 valence electrons. The molecule has 0 unspecified atom stereocenters. The van der Waals surface area contributed by atoms with E-state index >= 15 is 0 Å². The Balaban J connectivity index is 1.45. The third-order valence-electron chi connectivity index (χ3n) is 4.32. The standard InChI is InChI=1S/C20H23FN2O3/c1-2-25-18-7-9-19(10-8-18)26-15-20(24)23-13-11-22(12-14-23)17-5-3-16(21)4-6-17/h3-10H,2,11-15H2,1H3. The van der Waals surface area contributed by atoms with E-state index in [2.05, 4.69) is 4.90 Å². The molecule has 0 spiro atoms. The highest BCUT2D eigenvalue weighted by Gasteiger charge is 2.21. The first-order chi connectivity index (χ1) is 12.7. The zero-order chi connectivity index (χ0) is 18.4. The van der Waals surface area contributed by atoms with Gasteiger partial charge in [0, 0.05) is 31.9 Å². The molecule has 5 nitrogen and oxygen atoms in total. The Morgan fingerprint density at radius 2 is 1.50 bits per heavy atom. The van der Waals surface area contributed by atoms with Crippen LogP contribution in [0.3, 0.4) is 0 Å². The van der Waals surface area contributed by atoms with E-state index in [-0.39, 0.29) is 18.3 Å². The normalized spacial score (nSPS) is 14.2. The first-order valence-electron chi connectivity index (χ1n) is 8.79. The average molecular weight is 358 g/mol. The molecule has 0 saturated carbocycles. The molecule has 0 radical (unpaired) electrons. The Hall–Kier alpha value is -2.76. The molecule has 1 heterocycles. The fourth-order valence-electron chi connectivity index (χ4n) is 2.90. The molecule has 26 heavy (non-hydrogen) atoms. The second-order valence-electron chi connectivity index (χ2n) is 6.04.